The Morgan fingerprint density at radius 2 is 1.73 bits per heavy atom. The maximum absolute atomic E-state index is 3.70. The van der Waals surface area contributed by atoms with E-state index < -0.39 is 0 Å². The monoisotopic (exact) mass is 290 g/mol. The molecule has 1 aliphatic rings. The van der Waals surface area contributed by atoms with Crippen molar-refractivity contribution < 1.29 is 0 Å². The molecule has 2 nitrogen and oxygen atoms in total. The maximum Gasteiger partial charge on any atom is 0.0735 e. The quantitative estimate of drug-likeness (QED) is 0.686. The van der Waals surface area contributed by atoms with E-state index in [-0.39, 0.29) is 6.04 Å². The average Bonchev–Trinajstić information content (AvgIpc) is 2.88. The van der Waals surface area contributed by atoms with Crippen LogP contribution in [0.4, 0.5) is 0 Å². The number of fused-ring (bicyclic) bond motifs is 3. The maximum atomic E-state index is 3.70. The van der Waals surface area contributed by atoms with Gasteiger partial charge in [0.1, 0.15) is 0 Å². The van der Waals surface area contributed by atoms with Crippen LogP contribution in [0.5, 0.6) is 0 Å². The molecule has 3 aromatic rings. The van der Waals surface area contributed by atoms with Crippen LogP contribution in [0.3, 0.4) is 0 Å². The predicted molar refractivity (Wildman–Crippen MR) is 92.5 cm³/mol. The molecule has 0 saturated carbocycles. The molecule has 4 rings (SSSR count). The molecule has 0 fully saturated rings. The van der Waals surface area contributed by atoms with Gasteiger partial charge < -0.3 is 10.3 Å². The minimum atomic E-state index is 0.274. The normalized spacial score (nSPS) is 17.7. The molecule has 0 amide bonds. The van der Waals surface area contributed by atoms with Crippen LogP contribution in [-0.4, -0.2) is 11.5 Å². The van der Waals surface area contributed by atoms with E-state index in [0.717, 1.165) is 13.0 Å². The number of hydrogen-bond acceptors (Lipinski definition) is 1. The van der Waals surface area contributed by atoms with Crippen molar-refractivity contribution in [3.8, 4) is 0 Å². The van der Waals surface area contributed by atoms with Crippen molar-refractivity contribution in [1.82, 2.24) is 10.3 Å². The van der Waals surface area contributed by atoms with E-state index in [1.165, 1.54) is 44.4 Å². The summed E-state index contributed by atoms with van der Waals surface area (Å²) in [5.74, 6) is 0. The zero-order valence-corrected chi connectivity index (χ0v) is 13.5. The molecule has 2 aromatic carbocycles. The highest BCUT2D eigenvalue weighted by Crippen LogP contribution is 2.35. The van der Waals surface area contributed by atoms with Crippen molar-refractivity contribution in [1.29, 1.82) is 0 Å². The zero-order chi connectivity index (χ0) is 15.3. The number of nitrogens with one attached hydrogen (secondary N) is 2. The molecule has 22 heavy (non-hydrogen) atoms. The summed E-state index contributed by atoms with van der Waals surface area (Å²) in [6, 6.07) is 13.7. The molecule has 1 aromatic heterocycles. The standard InChI is InChI=1S/C20H22N2/c1-12-4-6-14(3)16(10-12)19-20-15(8-9-21-19)17-11-13(2)5-7-18(17)22-20/h4-7,10-11,19,21-22H,8-9H2,1-3H3. The number of rotatable bonds is 1. The van der Waals surface area contributed by atoms with Crippen LogP contribution in [0.2, 0.25) is 0 Å². The third-order valence-electron chi connectivity index (χ3n) is 4.85. The Morgan fingerprint density at radius 1 is 0.955 bits per heavy atom. The molecule has 2 N–H and O–H groups in total. The highest BCUT2D eigenvalue weighted by atomic mass is 15.0. The van der Waals surface area contributed by atoms with Crippen molar-refractivity contribution >= 4 is 10.9 Å². The first-order valence-electron chi connectivity index (χ1n) is 8.05. The average molecular weight is 290 g/mol. The molecule has 2 heterocycles. The lowest BCUT2D eigenvalue weighted by Crippen LogP contribution is -2.31. The fourth-order valence-electron chi connectivity index (χ4n) is 3.68. The Balaban J connectivity index is 1.92. The predicted octanol–water partition coefficient (Wildman–Crippen LogP) is 4.33. The summed E-state index contributed by atoms with van der Waals surface area (Å²) in [7, 11) is 0. The van der Waals surface area contributed by atoms with Crippen LogP contribution < -0.4 is 5.32 Å². The van der Waals surface area contributed by atoms with Gasteiger partial charge in [-0.3, -0.25) is 0 Å². The summed E-state index contributed by atoms with van der Waals surface area (Å²) < 4.78 is 0. The van der Waals surface area contributed by atoms with Gasteiger partial charge in [0.05, 0.1) is 6.04 Å². The molecule has 0 saturated heterocycles. The minimum Gasteiger partial charge on any atom is -0.357 e. The Bertz CT molecular complexity index is 858. The van der Waals surface area contributed by atoms with Gasteiger partial charge in [0, 0.05) is 23.1 Å². The van der Waals surface area contributed by atoms with E-state index in [1.54, 1.807) is 0 Å². The Morgan fingerprint density at radius 3 is 2.59 bits per heavy atom. The summed E-state index contributed by atoms with van der Waals surface area (Å²) in [5, 5.41) is 5.10. The van der Waals surface area contributed by atoms with Gasteiger partial charge in [-0.1, -0.05) is 35.4 Å². The van der Waals surface area contributed by atoms with E-state index in [9.17, 15) is 0 Å². The van der Waals surface area contributed by atoms with Crippen LogP contribution in [0.15, 0.2) is 36.4 Å². The molecule has 0 aliphatic carbocycles. The number of benzene rings is 2. The summed E-state index contributed by atoms with van der Waals surface area (Å²) in [5.41, 5.74) is 9.49. The third kappa shape index (κ3) is 2.06. The Labute approximate surface area is 131 Å². The lowest BCUT2D eigenvalue weighted by Gasteiger charge is -2.26. The Hall–Kier alpha value is -2.06. The molecule has 1 atom stereocenters. The van der Waals surface area contributed by atoms with E-state index in [1.807, 2.05) is 0 Å². The lowest BCUT2D eigenvalue weighted by atomic mass is 9.91. The van der Waals surface area contributed by atoms with Crippen molar-refractivity contribution in [2.75, 3.05) is 6.54 Å². The summed E-state index contributed by atoms with van der Waals surface area (Å²) in [4.78, 5) is 3.68. The van der Waals surface area contributed by atoms with Crippen molar-refractivity contribution in [2.45, 2.75) is 33.2 Å². The summed E-state index contributed by atoms with van der Waals surface area (Å²) >= 11 is 0. The van der Waals surface area contributed by atoms with Crippen LogP contribution >= 0.6 is 0 Å². The molecule has 0 spiro atoms. The summed E-state index contributed by atoms with van der Waals surface area (Å²) in [6.07, 6.45) is 1.10. The highest BCUT2D eigenvalue weighted by Gasteiger charge is 2.26. The van der Waals surface area contributed by atoms with E-state index in [2.05, 4.69) is 67.5 Å². The first kappa shape index (κ1) is 13.6. The van der Waals surface area contributed by atoms with Gasteiger partial charge in [0.2, 0.25) is 0 Å². The van der Waals surface area contributed by atoms with Crippen molar-refractivity contribution in [3.05, 3.63) is 69.9 Å². The Kier molecular flexibility index (Phi) is 3.08. The first-order chi connectivity index (χ1) is 10.6. The number of hydrogen-bond donors (Lipinski definition) is 2. The van der Waals surface area contributed by atoms with Gasteiger partial charge in [-0.05, 0) is 56.0 Å². The number of aromatic amines is 1. The second kappa shape index (κ2) is 4.99. The summed E-state index contributed by atoms with van der Waals surface area (Å²) in [6.45, 7) is 7.58. The fourth-order valence-corrected chi connectivity index (χ4v) is 3.68. The van der Waals surface area contributed by atoms with Gasteiger partial charge in [-0.15, -0.1) is 0 Å². The van der Waals surface area contributed by atoms with Gasteiger partial charge in [0.25, 0.3) is 0 Å². The minimum absolute atomic E-state index is 0.274. The number of aryl methyl sites for hydroxylation is 3. The molecular formula is C20H22N2. The van der Waals surface area contributed by atoms with Gasteiger partial charge in [-0.2, -0.15) is 0 Å². The van der Waals surface area contributed by atoms with Gasteiger partial charge in [-0.25, -0.2) is 0 Å². The van der Waals surface area contributed by atoms with Crippen LogP contribution in [-0.2, 0) is 6.42 Å². The molecule has 0 bridgehead atoms. The molecule has 1 unspecified atom stereocenters. The van der Waals surface area contributed by atoms with E-state index >= 15 is 0 Å². The molecular weight excluding hydrogens is 268 g/mol. The van der Waals surface area contributed by atoms with E-state index in [0.29, 0.717) is 0 Å². The smallest absolute Gasteiger partial charge is 0.0735 e. The zero-order valence-electron chi connectivity index (χ0n) is 13.5. The number of H-pyrrole nitrogens is 1. The highest BCUT2D eigenvalue weighted by molar-refractivity contribution is 5.86. The van der Waals surface area contributed by atoms with Crippen LogP contribution in [0.25, 0.3) is 10.9 Å². The largest absolute Gasteiger partial charge is 0.357 e. The molecule has 0 radical (unpaired) electrons. The molecule has 2 heteroatoms. The van der Waals surface area contributed by atoms with E-state index in [4.69, 9.17) is 0 Å². The number of aromatic nitrogens is 1. The SMILES string of the molecule is Cc1ccc(C)c(C2NCCc3c2[nH]c2ccc(C)cc32)c1. The van der Waals surface area contributed by atoms with Crippen LogP contribution in [0, 0.1) is 20.8 Å². The fraction of sp³-hybridized carbons (Fsp3) is 0.300. The third-order valence-corrected chi connectivity index (χ3v) is 4.85. The molecule has 112 valence electrons. The van der Waals surface area contributed by atoms with Crippen molar-refractivity contribution in [2.24, 2.45) is 0 Å². The lowest BCUT2D eigenvalue weighted by molar-refractivity contribution is 0.558. The van der Waals surface area contributed by atoms with Gasteiger partial charge in [0.15, 0.2) is 0 Å². The van der Waals surface area contributed by atoms with Crippen LogP contribution in [0.1, 0.15) is 39.6 Å². The topological polar surface area (TPSA) is 27.8 Å². The second-order valence-electron chi connectivity index (χ2n) is 6.56. The second-order valence-corrected chi connectivity index (χ2v) is 6.56. The molecule has 1 aliphatic heterocycles. The van der Waals surface area contributed by atoms with Crippen molar-refractivity contribution in [3.63, 3.8) is 0 Å². The first-order valence-corrected chi connectivity index (χ1v) is 8.05. The van der Waals surface area contributed by atoms with Gasteiger partial charge >= 0.3 is 0 Å².